The molecule has 4 aromatic rings. The second kappa shape index (κ2) is 17.1. The molecule has 0 unspecified atom stereocenters. The van der Waals surface area contributed by atoms with Crippen molar-refractivity contribution in [1.82, 2.24) is 10.2 Å². The van der Waals surface area contributed by atoms with E-state index < -0.39 is 28.5 Å². The van der Waals surface area contributed by atoms with E-state index in [-0.39, 0.29) is 41.2 Å². The van der Waals surface area contributed by atoms with Gasteiger partial charge in [0.15, 0.2) is 11.5 Å². The van der Waals surface area contributed by atoms with Crippen molar-refractivity contribution in [2.75, 3.05) is 25.1 Å². The molecule has 50 heavy (non-hydrogen) atoms. The van der Waals surface area contributed by atoms with Gasteiger partial charge in [-0.25, -0.2) is 8.42 Å². The van der Waals surface area contributed by atoms with E-state index in [1.54, 1.807) is 48.5 Å². The summed E-state index contributed by atoms with van der Waals surface area (Å²) in [7, 11) is -1.48. The fraction of sp³-hybridized carbons (Fsp3) is 0.316. The Kier molecular flexibility index (Phi) is 12.7. The van der Waals surface area contributed by atoms with Crippen molar-refractivity contribution < 1.29 is 27.5 Å². The molecule has 1 atom stereocenters. The zero-order chi connectivity index (χ0) is 35.7. The maximum absolute atomic E-state index is 14.8. The number of methoxy groups -OCH3 is 2. The van der Waals surface area contributed by atoms with Crippen LogP contribution in [-0.2, 0) is 32.6 Å². The number of hydrogen-bond donors (Lipinski definition) is 1. The predicted octanol–water partition coefficient (Wildman–Crippen LogP) is 7.29. The van der Waals surface area contributed by atoms with Gasteiger partial charge >= 0.3 is 0 Å². The van der Waals surface area contributed by atoms with Crippen LogP contribution in [0.25, 0.3) is 0 Å². The molecule has 0 saturated heterocycles. The Balaban J connectivity index is 1.58. The summed E-state index contributed by atoms with van der Waals surface area (Å²) >= 11 is 12.8. The van der Waals surface area contributed by atoms with Crippen molar-refractivity contribution in [2.24, 2.45) is 0 Å². The zero-order valence-electron chi connectivity index (χ0n) is 28.1. The predicted molar refractivity (Wildman–Crippen MR) is 196 cm³/mol. The van der Waals surface area contributed by atoms with Crippen molar-refractivity contribution in [3.05, 3.63) is 118 Å². The molecule has 0 spiro atoms. The van der Waals surface area contributed by atoms with Gasteiger partial charge in [0.25, 0.3) is 10.0 Å². The van der Waals surface area contributed by atoms with Crippen molar-refractivity contribution in [2.45, 2.75) is 62.0 Å². The van der Waals surface area contributed by atoms with E-state index in [1.807, 2.05) is 30.3 Å². The highest BCUT2D eigenvalue weighted by Gasteiger charge is 2.36. The third kappa shape index (κ3) is 9.10. The minimum atomic E-state index is -4.35. The lowest BCUT2D eigenvalue weighted by molar-refractivity contribution is -0.140. The summed E-state index contributed by atoms with van der Waals surface area (Å²) in [5, 5.41) is 3.94. The molecule has 12 heteroatoms. The topological polar surface area (TPSA) is 105 Å². The molecule has 1 N–H and O–H groups in total. The monoisotopic (exact) mass is 737 g/mol. The van der Waals surface area contributed by atoms with Gasteiger partial charge < -0.3 is 19.7 Å². The third-order valence-electron chi connectivity index (χ3n) is 8.84. The first kappa shape index (κ1) is 37.0. The van der Waals surface area contributed by atoms with Gasteiger partial charge in [-0.15, -0.1) is 0 Å². The van der Waals surface area contributed by atoms with Gasteiger partial charge in [-0.2, -0.15) is 0 Å². The standard InChI is InChI=1S/C38H41Cl2N3O6S/c1-48-35-21-20-32(24-36(35)49-2)50(46,47)43(31-16-10-5-11-17-31)26-37(44)42(25-28-18-19-29(39)23-33(28)40)34(22-27-12-6-3-7-13-27)38(45)41-30-14-8-4-9-15-30/h3,5-7,10-13,16-21,23-24,30,34H,4,8-9,14-15,22,25-26H2,1-2H3,(H,41,45)/t34-/m0/s1. The molecular weight excluding hydrogens is 697 g/mol. The van der Waals surface area contributed by atoms with Crippen LogP contribution < -0.4 is 19.1 Å². The Morgan fingerprint density at radius 3 is 2.14 bits per heavy atom. The highest BCUT2D eigenvalue weighted by Crippen LogP contribution is 2.33. The van der Waals surface area contributed by atoms with Crippen LogP contribution >= 0.6 is 23.2 Å². The summed E-state index contributed by atoms with van der Waals surface area (Å²) in [4.78, 5) is 30.4. The molecule has 5 rings (SSSR count). The molecule has 0 aliphatic heterocycles. The van der Waals surface area contributed by atoms with Gasteiger partial charge in [0.05, 0.1) is 24.8 Å². The summed E-state index contributed by atoms with van der Waals surface area (Å²) < 4.78 is 40.6. The van der Waals surface area contributed by atoms with Gasteiger partial charge in [-0.1, -0.05) is 97.1 Å². The fourth-order valence-corrected chi connectivity index (χ4v) is 8.06. The van der Waals surface area contributed by atoms with Gasteiger partial charge in [0.2, 0.25) is 11.8 Å². The number of carbonyl (C=O) groups is 2. The smallest absolute Gasteiger partial charge is 0.264 e. The van der Waals surface area contributed by atoms with Crippen molar-refractivity contribution in [1.29, 1.82) is 0 Å². The molecule has 0 radical (unpaired) electrons. The number of halogens is 2. The normalized spacial score (nSPS) is 14.0. The molecular formula is C38H41Cl2N3O6S. The minimum Gasteiger partial charge on any atom is -0.493 e. The lowest BCUT2D eigenvalue weighted by atomic mass is 9.94. The Morgan fingerprint density at radius 1 is 0.840 bits per heavy atom. The first-order chi connectivity index (χ1) is 24.1. The largest absolute Gasteiger partial charge is 0.493 e. The molecule has 0 bridgehead atoms. The Labute approximate surface area is 304 Å². The fourth-order valence-electron chi connectivity index (χ4n) is 6.16. The summed E-state index contributed by atoms with van der Waals surface area (Å²) in [5.41, 5.74) is 1.67. The molecule has 9 nitrogen and oxygen atoms in total. The van der Waals surface area contributed by atoms with E-state index in [0.717, 1.165) is 42.0 Å². The third-order valence-corrected chi connectivity index (χ3v) is 11.2. The number of carbonyl (C=O) groups excluding carboxylic acids is 2. The Bertz CT molecular complexity index is 1870. The van der Waals surface area contributed by atoms with Crippen LogP contribution in [0, 0.1) is 0 Å². The Morgan fingerprint density at radius 2 is 1.50 bits per heavy atom. The number of nitrogens with zero attached hydrogens (tertiary/aromatic N) is 2. The molecule has 0 heterocycles. The van der Waals surface area contributed by atoms with Crippen LogP contribution in [0.5, 0.6) is 11.5 Å². The first-order valence-electron chi connectivity index (χ1n) is 16.5. The van der Waals surface area contributed by atoms with Crippen molar-refractivity contribution >= 4 is 50.7 Å². The number of para-hydroxylation sites is 1. The SMILES string of the molecule is COc1ccc(S(=O)(=O)N(CC(=O)N(Cc2ccc(Cl)cc2Cl)[C@@H](Cc2ccccc2)C(=O)NC2CCCCC2)c2ccccc2)cc1OC. The summed E-state index contributed by atoms with van der Waals surface area (Å²) in [5.74, 6) is -0.335. The second-order valence-electron chi connectivity index (χ2n) is 12.2. The van der Waals surface area contributed by atoms with E-state index in [4.69, 9.17) is 32.7 Å². The summed E-state index contributed by atoms with van der Waals surface area (Å²) in [6, 6.07) is 26.0. The zero-order valence-corrected chi connectivity index (χ0v) is 30.4. The number of rotatable bonds is 14. The average Bonchev–Trinajstić information content (AvgIpc) is 3.13. The molecule has 0 aromatic heterocycles. The quantitative estimate of drug-likeness (QED) is 0.146. The summed E-state index contributed by atoms with van der Waals surface area (Å²) in [6.45, 7) is -0.669. The lowest BCUT2D eigenvalue weighted by Gasteiger charge is -2.35. The summed E-state index contributed by atoms with van der Waals surface area (Å²) in [6.07, 6.45) is 5.04. The van der Waals surface area contributed by atoms with Gasteiger partial charge in [0.1, 0.15) is 12.6 Å². The molecule has 2 amide bonds. The number of anilines is 1. The number of ether oxygens (including phenoxy) is 2. The molecule has 1 aliphatic rings. The molecule has 4 aromatic carbocycles. The van der Waals surface area contributed by atoms with E-state index in [2.05, 4.69) is 5.32 Å². The highest BCUT2D eigenvalue weighted by molar-refractivity contribution is 7.92. The number of sulfonamides is 1. The van der Waals surface area contributed by atoms with E-state index >= 15 is 0 Å². The van der Waals surface area contributed by atoms with E-state index in [0.29, 0.717) is 21.4 Å². The molecule has 264 valence electrons. The first-order valence-corrected chi connectivity index (χ1v) is 18.7. The van der Waals surface area contributed by atoms with Crippen LogP contribution in [0.15, 0.2) is 102 Å². The van der Waals surface area contributed by atoms with Gasteiger partial charge in [-0.3, -0.25) is 13.9 Å². The van der Waals surface area contributed by atoms with Crippen LogP contribution in [-0.4, -0.2) is 58.0 Å². The van der Waals surface area contributed by atoms with E-state index in [9.17, 15) is 18.0 Å². The van der Waals surface area contributed by atoms with Crippen molar-refractivity contribution in [3.8, 4) is 11.5 Å². The van der Waals surface area contributed by atoms with Crippen LogP contribution in [0.2, 0.25) is 10.0 Å². The number of nitrogens with one attached hydrogen (secondary N) is 1. The molecule has 1 fully saturated rings. The minimum absolute atomic E-state index is 0.0168. The van der Waals surface area contributed by atoms with Crippen LogP contribution in [0.4, 0.5) is 5.69 Å². The molecule has 1 aliphatic carbocycles. The lowest BCUT2D eigenvalue weighted by Crippen LogP contribution is -2.55. The second-order valence-corrected chi connectivity index (χ2v) is 14.9. The Hall–Kier alpha value is -4.25. The maximum atomic E-state index is 14.8. The van der Waals surface area contributed by atoms with E-state index in [1.165, 1.54) is 37.3 Å². The van der Waals surface area contributed by atoms with Crippen molar-refractivity contribution in [3.63, 3.8) is 0 Å². The maximum Gasteiger partial charge on any atom is 0.264 e. The number of amides is 2. The van der Waals surface area contributed by atoms with Crippen LogP contribution in [0.1, 0.15) is 43.2 Å². The van der Waals surface area contributed by atoms with Gasteiger partial charge in [-0.05, 0) is 60.4 Å². The number of benzene rings is 4. The van der Waals surface area contributed by atoms with Gasteiger partial charge in [0, 0.05) is 35.1 Å². The van der Waals surface area contributed by atoms with Crippen LogP contribution in [0.3, 0.4) is 0 Å². The molecule has 1 saturated carbocycles. The highest BCUT2D eigenvalue weighted by atomic mass is 35.5. The average molecular weight is 739 g/mol. The number of hydrogen-bond acceptors (Lipinski definition) is 6.